The van der Waals surface area contributed by atoms with Crippen molar-refractivity contribution in [3.8, 4) is 0 Å². The molecule has 0 spiro atoms. The summed E-state index contributed by atoms with van der Waals surface area (Å²) in [7, 11) is 0. The molecule has 2 fully saturated rings. The van der Waals surface area contributed by atoms with Gasteiger partial charge in [-0.3, -0.25) is 9.59 Å². The third kappa shape index (κ3) is 4.80. The van der Waals surface area contributed by atoms with Crippen molar-refractivity contribution in [2.75, 3.05) is 45.8 Å². The molecule has 2 aliphatic rings. The average Bonchev–Trinajstić information content (AvgIpc) is 3.09. The number of hydrogen-bond donors (Lipinski definition) is 0. The number of rotatable bonds is 4. The van der Waals surface area contributed by atoms with E-state index in [4.69, 9.17) is 0 Å². The Hall–Kier alpha value is -2.09. The summed E-state index contributed by atoms with van der Waals surface area (Å²) in [6, 6.07) is 4.81. The second kappa shape index (κ2) is 8.29. The predicted molar refractivity (Wildman–Crippen MR) is 94.2 cm³/mol. The average molecular weight is 383 g/mol. The summed E-state index contributed by atoms with van der Waals surface area (Å²) < 4.78 is 39.6. The number of halogens is 3. The van der Waals surface area contributed by atoms with Crippen molar-refractivity contribution in [1.29, 1.82) is 0 Å². The van der Waals surface area contributed by atoms with Crippen LogP contribution in [0.3, 0.4) is 0 Å². The third-order valence-corrected chi connectivity index (χ3v) is 5.22. The van der Waals surface area contributed by atoms with Crippen LogP contribution in [-0.2, 0) is 11.0 Å². The van der Waals surface area contributed by atoms with Crippen LogP contribution in [0.5, 0.6) is 0 Å². The van der Waals surface area contributed by atoms with Crippen LogP contribution in [0, 0.1) is 0 Å². The minimum absolute atomic E-state index is 0.0476. The second-order valence-corrected chi connectivity index (χ2v) is 7.02. The van der Waals surface area contributed by atoms with Gasteiger partial charge in [-0.2, -0.15) is 13.2 Å². The maximum absolute atomic E-state index is 13.2. The van der Waals surface area contributed by atoms with Crippen LogP contribution >= 0.6 is 0 Å². The Balaban J connectivity index is 1.65. The van der Waals surface area contributed by atoms with E-state index in [0.717, 1.165) is 25.7 Å². The zero-order chi connectivity index (χ0) is 19.4. The van der Waals surface area contributed by atoms with Gasteiger partial charge >= 0.3 is 6.18 Å². The Kier molecular flexibility index (Phi) is 6.04. The molecule has 148 valence electrons. The number of carbonyl (C=O) groups excluding carboxylic acids is 2. The Bertz CT molecular complexity index is 687. The van der Waals surface area contributed by atoms with Gasteiger partial charge in [-0.25, -0.2) is 0 Å². The molecule has 0 bridgehead atoms. The van der Waals surface area contributed by atoms with Crippen molar-refractivity contribution in [3.05, 3.63) is 35.4 Å². The van der Waals surface area contributed by atoms with Gasteiger partial charge in [0.25, 0.3) is 5.91 Å². The Morgan fingerprint density at radius 2 is 1.67 bits per heavy atom. The molecule has 2 amide bonds. The van der Waals surface area contributed by atoms with Crippen LogP contribution in [0.15, 0.2) is 24.3 Å². The van der Waals surface area contributed by atoms with E-state index in [2.05, 4.69) is 4.90 Å². The molecular formula is C19H24F3N3O2. The SMILES string of the molecule is O=C1CCN(C(=O)c2ccccc2C(F)(F)F)CCN1CCN1CCCC1. The first-order valence-corrected chi connectivity index (χ1v) is 9.32. The molecule has 2 saturated heterocycles. The highest BCUT2D eigenvalue weighted by Crippen LogP contribution is 2.32. The summed E-state index contributed by atoms with van der Waals surface area (Å²) in [6.07, 6.45) is -2.10. The summed E-state index contributed by atoms with van der Waals surface area (Å²) in [5.74, 6) is -0.717. The van der Waals surface area contributed by atoms with Crippen LogP contribution in [0.2, 0.25) is 0 Å². The largest absolute Gasteiger partial charge is 0.417 e. The Morgan fingerprint density at radius 1 is 0.963 bits per heavy atom. The number of alkyl halides is 3. The van der Waals surface area contributed by atoms with Crippen molar-refractivity contribution in [1.82, 2.24) is 14.7 Å². The number of amides is 2. The van der Waals surface area contributed by atoms with E-state index in [-0.39, 0.29) is 31.0 Å². The second-order valence-electron chi connectivity index (χ2n) is 7.02. The summed E-state index contributed by atoms with van der Waals surface area (Å²) in [6.45, 7) is 4.23. The smallest absolute Gasteiger partial charge is 0.340 e. The highest BCUT2D eigenvalue weighted by atomic mass is 19.4. The maximum atomic E-state index is 13.2. The monoisotopic (exact) mass is 383 g/mol. The van der Waals surface area contributed by atoms with Crippen molar-refractivity contribution >= 4 is 11.8 Å². The van der Waals surface area contributed by atoms with Crippen molar-refractivity contribution in [2.45, 2.75) is 25.4 Å². The number of carbonyl (C=O) groups is 2. The fraction of sp³-hybridized carbons (Fsp3) is 0.579. The van der Waals surface area contributed by atoms with Gasteiger partial charge in [0.15, 0.2) is 0 Å². The molecular weight excluding hydrogens is 359 g/mol. The molecule has 0 saturated carbocycles. The fourth-order valence-electron chi connectivity index (χ4n) is 3.66. The standard InChI is InChI=1S/C19H24F3N3O2/c20-19(21,22)16-6-2-1-5-15(16)18(27)25-10-7-17(26)24(13-14-25)12-11-23-8-3-4-9-23/h1-2,5-6H,3-4,7-14H2. The van der Waals surface area contributed by atoms with Crippen LogP contribution < -0.4 is 0 Å². The molecule has 3 rings (SSSR count). The topological polar surface area (TPSA) is 43.9 Å². The Labute approximate surface area is 156 Å². The lowest BCUT2D eigenvalue weighted by molar-refractivity contribution is -0.138. The predicted octanol–water partition coefficient (Wildman–Crippen LogP) is 2.48. The quantitative estimate of drug-likeness (QED) is 0.802. The first kappa shape index (κ1) is 19.7. The molecule has 27 heavy (non-hydrogen) atoms. The molecule has 8 heteroatoms. The number of benzene rings is 1. The zero-order valence-electron chi connectivity index (χ0n) is 15.2. The minimum Gasteiger partial charge on any atom is -0.340 e. The zero-order valence-corrected chi connectivity index (χ0v) is 15.2. The molecule has 0 radical (unpaired) electrons. The van der Waals surface area contributed by atoms with Gasteiger partial charge in [0.05, 0.1) is 11.1 Å². The normalized spacial score (nSPS) is 19.4. The molecule has 0 aliphatic carbocycles. The molecule has 0 unspecified atom stereocenters. The summed E-state index contributed by atoms with van der Waals surface area (Å²) in [4.78, 5) is 30.4. The highest BCUT2D eigenvalue weighted by Gasteiger charge is 2.36. The summed E-state index contributed by atoms with van der Waals surface area (Å²) >= 11 is 0. The van der Waals surface area contributed by atoms with E-state index in [1.807, 2.05) is 0 Å². The number of likely N-dealkylation sites (tertiary alicyclic amines) is 1. The van der Waals surface area contributed by atoms with Crippen LogP contribution in [0.1, 0.15) is 35.2 Å². The maximum Gasteiger partial charge on any atom is 0.417 e. The highest BCUT2D eigenvalue weighted by molar-refractivity contribution is 5.96. The Morgan fingerprint density at radius 3 is 2.37 bits per heavy atom. The first-order valence-electron chi connectivity index (χ1n) is 9.32. The van der Waals surface area contributed by atoms with Crippen LogP contribution in [0.25, 0.3) is 0 Å². The van der Waals surface area contributed by atoms with Crippen molar-refractivity contribution in [2.24, 2.45) is 0 Å². The van der Waals surface area contributed by atoms with E-state index in [0.29, 0.717) is 13.1 Å². The van der Waals surface area contributed by atoms with Crippen molar-refractivity contribution < 1.29 is 22.8 Å². The molecule has 0 aromatic heterocycles. The van der Waals surface area contributed by atoms with Crippen molar-refractivity contribution in [3.63, 3.8) is 0 Å². The molecule has 5 nitrogen and oxygen atoms in total. The van der Waals surface area contributed by atoms with E-state index >= 15 is 0 Å². The number of hydrogen-bond acceptors (Lipinski definition) is 3. The first-order chi connectivity index (χ1) is 12.9. The lowest BCUT2D eigenvalue weighted by Gasteiger charge is -2.25. The van der Waals surface area contributed by atoms with Gasteiger partial charge in [0, 0.05) is 39.1 Å². The van der Waals surface area contributed by atoms with Crippen LogP contribution in [0.4, 0.5) is 13.2 Å². The minimum atomic E-state index is -4.59. The third-order valence-electron chi connectivity index (χ3n) is 5.22. The molecule has 0 atom stereocenters. The lowest BCUT2D eigenvalue weighted by Crippen LogP contribution is -2.40. The van der Waals surface area contributed by atoms with E-state index in [9.17, 15) is 22.8 Å². The molecule has 1 aromatic carbocycles. The van der Waals surface area contributed by atoms with E-state index in [1.165, 1.54) is 35.9 Å². The summed E-state index contributed by atoms with van der Waals surface area (Å²) in [5, 5.41) is 0. The molecule has 2 heterocycles. The van der Waals surface area contributed by atoms with Gasteiger partial charge in [0.2, 0.25) is 5.91 Å². The number of nitrogens with zero attached hydrogens (tertiary/aromatic N) is 3. The molecule has 2 aliphatic heterocycles. The van der Waals surface area contributed by atoms with E-state index in [1.54, 1.807) is 4.90 Å². The van der Waals surface area contributed by atoms with Gasteiger partial charge in [0.1, 0.15) is 0 Å². The fourth-order valence-corrected chi connectivity index (χ4v) is 3.66. The van der Waals surface area contributed by atoms with Gasteiger partial charge in [-0.15, -0.1) is 0 Å². The van der Waals surface area contributed by atoms with Gasteiger partial charge < -0.3 is 14.7 Å². The van der Waals surface area contributed by atoms with E-state index < -0.39 is 17.6 Å². The lowest BCUT2D eigenvalue weighted by atomic mass is 10.1. The molecule has 1 aromatic rings. The van der Waals surface area contributed by atoms with Gasteiger partial charge in [-0.05, 0) is 38.1 Å². The van der Waals surface area contributed by atoms with Gasteiger partial charge in [-0.1, -0.05) is 12.1 Å². The summed E-state index contributed by atoms with van der Waals surface area (Å²) in [5.41, 5.74) is -1.29. The molecule has 0 N–H and O–H groups in total. The van der Waals surface area contributed by atoms with Crippen LogP contribution in [-0.4, -0.2) is 72.3 Å².